The maximum Gasteiger partial charge on any atom is 0.472 e. The molecule has 0 radical (unpaired) electrons. The number of aliphatic carboxylic acids is 1. The van der Waals surface area contributed by atoms with Gasteiger partial charge < -0.3 is 25.2 Å². The lowest BCUT2D eigenvalue weighted by molar-refractivity contribution is -0.154. The highest BCUT2D eigenvalue weighted by Crippen LogP contribution is 2.43. The Morgan fingerprint density at radius 3 is 1.26 bits per heavy atom. The van der Waals surface area contributed by atoms with E-state index in [4.69, 9.17) is 29.4 Å². The van der Waals surface area contributed by atoms with Crippen molar-refractivity contribution in [3.05, 3.63) is 109 Å². The number of unbranched alkanes of at least 4 members (excludes halogenated alkanes) is 18. The minimum atomic E-state index is -4.64. The summed E-state index contributed by atoms with van der Waals surface area (Å²) in [6.45, 7) is 3.71. The number of hydrogen-bond acceptors (Lipinski definition) is 8. The average Bonchev–Trinajstić information content (AvgIpc) is 3.33. The Morgan fingerprint density at radius 2 is 0.841 bits per heavy atom. The van der Waals surface area contributed by atoms with Crippen LogP contribution in [0.2, 0.25) is 0 Å². The van der Waals surface area contributed by atoms with Gasteiger partial charge in [-0.15, -0.1) is 0 Å². The molecule has 0 heterocycles. The van der Waals surface area contributed by atoms with Gasteiger partial charge in [-0.3, -0.25) is 18.6 Å². The first kappa shape index (κ1) is 65.6. The monoisotopic (exact) mass is 984 g/mol. The number of hydrogen-bond donors (Lipinski definition) is 3. The Morgan fingerprint density at radius 1 is 0.478 bits per heavy atom. The summed E-state index contributed by atoms with van der Waals surface area (Å²) in [5.41, 5.74) is 5.38. The third kappa shape index (κ3) is 52.3. The lowest BCUT2D eigenvalue weighted by atomic mass is 10.1. The van der Waals surface area contributed by atoms with Gasteiger partial charge in [0.15, 0.2) is 0 Å². The van der Waals surface area contributed by atoms with Crippen molar-refractivity contribution in [3.8, 4) is 0 Å². The highest BCUT2D eigenvalue weighted by Gasteiger charge is 2.27. The molecule has 0 aromatic carbocycles. The molecule has 0 aliphatic carbocycles. The standard InChI is InChI=1S/C58H98NO9P/c1-3-5-7-9-11-13-15-17-19-21-23-25-27-29-31-33-35-37-39-41-43-45-47-49-51-65-52-55(53-66-69(63,64)67-54-56(59)58(61)62)68-57(60)50-48-46-44-42-40-38-36-34-32-30-28-26-24-22-20-18-16-14-12-10-8-6-4-2/h6,8,12,14-15,17-18,20-21,23-24,26-27,29-30,32,36,38,55-56H,3-5,7,9-11,13,16,19,22,25,28,31,33-35,37,39-54,59H2,1-2H3,(H,61,62)(H,63,64)/b8-6-,14-12-,17-15-,20-18-,23-21-,26-24-,29-27-,32-30-,38-36-. The molecule has 0 saturated heterocycles. The predicted octanol–water partition coefficient (Wildman–Crippen LogP) is 16.2. The lowest BCUT2D eigenvalue weighted by Crippen LogP contribution is -2.34. The van der Waals surface area contributed by atoms with Gasteiger partial charge in [-0.2, -0.15) is 0 Å². The summed E-state index contributed by atoms with van der Waals surface area (Å²) in [5.74, 6) is -1.81. The Bertz CT molecular complexity index is 1510. The third-order valence-electron chi connectivity index (χ3n) is 11.0. The van der Waals surface area contributed by atoms with Gasteiger partial charge in [0, 0.05) is 13.0 Å². The van der Waals surface area contributed by atoms with E-state index in [9.17, 15) is 19.0 Å². The molecular weight excluding hydrogens is 886 g/mol. The molecule has 0 bridgehead atoms. The molecule has 10 nitrogen and oxygen atoms in total. The summed E-state index contributed by atoms with van der Waals surface area (Å²) < 4.78 is 33.5. The lowest BCUT2D eigenvalue weighted by Gasteiger charge is -2.20. The molecule has 0 aromatic heterocycles. The fraction of sp³-hybridized carbons (Fsp3) is 0.655. The number of esters is 1. The van der Waals surface area contributed by atoms with Crippen LogP contribution in [0, 0.1) is 0 Å². The maximum absolute atomic E-state index is 12.7. The fourth-order valence-corrected chi connectivity index (χ4v) is 7.69. The summed E-state index contributed by atoms with van der Waals surface area (Å²) in [4.78, 5) is 33.7. The molecule has 11 heteroatoms. The van der Waals surface area contributed by atoms with Crippen LogP contribution in [0.4, 0.5) is 0 Å². The van der Waals surface area contributed by atoms with Gasteiger partial charge in [-0.05, 0) is 103 Å². The number of rotatable bonds is 50. The van der Waals surface area contributed by atoms with Crippen molar-refractivity contribution >= 4 is 19.8 Å². The van der Waals surface area contributed by atoms with Crippen molar-refractivity contribution in [1.82, 2.24) is 0 Å². The molecule has 0 aliphatic rings. The van der Waals surface area contributed by atoms with Gasteiger partial charge in [0.1, 0.15) is 12.1 Å². The predicted molar refractivity (Wildman–Crippen MR) is 290 cm³/mol. The van der Waals surface area contributed by atoms with E-state index in [0.29, 0.717) is 13.0 Å². The molecule has 394 valence electrons. The van der Waals surface area contributed by atoms with E-state index >= 15 is 0 Å². The summed E-state index contributed by atoms with van der Waals surface area (Å²) >= 11 is 0. The number of carboxylic acid groups (broad SMARTS) is 1. The highest BCUT2D eigenvalue weighted by molar-refractivity contribution is 7.47. The number of carbonyl (C=O) groups is 2. The van der Waals surface area contributed by atoms with Gasteiger partial charge in [0.25, 0.3) is 0 Å². The fourth-order valence-electron chi connectivity index (χ4n) is 6.91. The zero-order valence-corrected chi connectivity index (χ0v) is 44.3. The molecule has 0 amide bonds. The van der Waals surface area contributed by atoms with Crippen LogP contribution < -0.4 is 5.73 Å². The summed E-state index contributed by atoms with van der Waals surface area (Å²) in [7, 11) is -4.64. The zero-order valence-electron chi connectivity index (χ0n) is 43.4. The molecule has 69 heavy (non-hydrogen) atoms. The summed E-state index contributed by atoms with van der Waals surface area (Å²) in [6, 6.07) is -1.49. The maximum atomic E-state index is 12.7. The van der Waals surface area contributed by atoms with Crippen molar-refractivity contribution in [2.24, 2.45) is 5.73 Å². The molecule has 4 N–H and O–H groups in total. The van der Waals surface area contributed by atoms with Gasteiger partial charge in [-0.25, -0.2) is 4.57 Å². The number of carbonyl (C=O) groups excluding carboxylic acids is 1. The Labute approximate surface area is 421 Å². The first-order valence-electron chi connectivity index (χ1n) is 26.9. The van der Waals surface area contributed by atoms with Gasteiger partial charge >= 0.3 is 19.8 Å². The molecular formula is C58H98NO9P. The van der Waals surface area contributed by atoms with E-state index in [2.05, 4.69) is 123 Å². The van der Waals surface area contributed by atoms with Crippen LogP contribution in [0.15, 0.2) is 109 Å². The number of carboxylic acids is 1. The van der Waals surface area contributed by atoms with Crippen LogP contribution >= 0.6 is 7.82 Å². The second-order valence-electron chi connectivity index (χ2n) is 17.6. The van der Waals surface area contributed by atoms with E-state index in [1.807, 2.05) is 0 Å². The Balaban J connectivity index is 4.22. The van der Waals surface area contributed by atoms with Crippen LogP contribution in [-0.4, -0.2) is 60.5 Å². The summed E-state index contributed by atoms with van der Waals surface area (Å²) in [6.07, 6.45) is 71.4. The molecule has 0 saturated carbocycles. The topological polar surface area (TPSA) is 155 Å². The van der Waals surface area contributed by atoms with Crippen LogP contribution in [-0.2, 0) is 32.7 Å². The van der Waals surface area contributed by atoms with Gasteiger partial charge in [0.2, 0.25) is 0 Å². The molecule has 0 aromatic rings. The highest BCUT2D eigenvalue weighted by atomic mass is 31.2. The van der Waals surface area contributed by atoms with Crippen LogP contribution in [0.25, 0.3) is 0 Å². The SMILES string of the molecule is CC/C=C\C/C=C\C/C=C\C/C=C\C/C=C\C/C=C\CCCCCCC(=O)OC(COCCCCCCCCCCC/C=C\C/C=C\C/C=C\CCCCCCC)COP(=O)(O)OCC(N)C(=O)O. The van der Waals surface area contributed by atoms with E-state index in [-0.39, 0.29) is 13.0 Å². The Kier molecular flexibility index (Phi) is 49.9. The van der Waals surface area contributed by atoms with Crippen molar-refractivity contribution in [1.29, 1.82) is 0 Å². The number of phosphoric ester groups is 1. The van der Waals surface area contributed by atoms with E-state index in [1.165, 1.54) is 77.0 Å². The van der Waals surface area contributed by atoms with Gasteiger partial charge in [0.05, 0.1) is 19.8 Å². The first-order valence-corrected chi connectivity index (χ1v) is 28.4. The second kappa shape index (κ2) is 52.5. The second-order valence-corrected chi connectivity index (χ2v) is 19.1. The van der Waals surface area contributed by atoms with Crippen molar-refractivity contribution in [2.45, 2.75) is 219 Å². The minimum absolute atomic E-state index is 0.00478. The average molecular weight is 984 g/mol. The number of ether oxygens (including phenoxy) is 2. The number of nitrogens with two attached hydrogens (primary N) is 1. The molecule has 3 unspecified atom stereocenters. The van der Waals surface area contributed by atoms with Crippen molar-refractivity contribution in [3.63, 3.8) is 0 Å². The van der Waals surface area contributed by atoms with Crippen molar-refractivity contribution < 1.29 is 42.7 Å². The van der Waals surface area contributed by atoms with Crippen molar-refractivity contribution in [2.75, 3.05) is 26.4 Å². The molecule has 0 aliphatic heterocycles. The Hall–Kier alpha value is -3.37. The normalized spacial score (nSPS) is 14.5. The van der Waals surface area contributed by atoms with E-state index in [0.717, 1.165) is 103 Å². The minimum Gasteiger partial charge on any atom is -0.480 e. The third-order valence-corrected chi connectivity index (χ3v) is 12.0. The molecule has 0 rings (SSSR count). The number of phosphoric acid groups is 1. The zero-order chi connectivity index (χ0) is 50.4. The van der Waals surface area contributed by atoms with Crippen LogP contribution in [0.5, 0.6) is 0 Å². The quantitative estimate of drug-likeness (QED) is 0.0232. The smallest absolute Gasteiger partial charge is 0.472 e. The van der Waals surface area contributed by atoms with E-state index < -0.39 is 45.1 Å². The molecule has 0 spiro atoms. The van der Waals surface area contributed by atoms with E-state index in [1.54, 1.807) is 0 Å². The van der Waals surface area contributed by atoms with Crippen LogP contribution in [0.3, 0.4) is 0 Å². The first-order chi connectivity index (χ1) is 33.7. The number of allylic oxidation sites excluding steroid dienone is 18. The van der Waals surface area contributed by atoms with Gasteiger partial charge in [-0.1, -0.05) is 207 Å². The summed E-state index contributed by atoms with van der Waals surface area (Å²) in [5, 5.41) is 8.94. The largest absolute Gasteiger partial charge is 0.480 e. The molecule has 3 atom stereocenters. The molecule has 0 fully saturated rings. The van der Waals surface area contributed by atoms with Crippen LogP contribution in [0.1, 0.15) is 206 Å².